The molecule has 0 spiro atoms. The molecule has 0 heterocycles. The molecular formula is C26H39FO4. The third-order valence-electron chi connectivity index (χ3n) is 9.79. The summed E-state index contributed by atoms with van der Waals surface area (Å²) in [6.45, 7) is 6.17. The monoisotopic (exact) mass is 434 g/mol. The van der Waals surface area contributed by atoms with Gasteiger partial charge in [-0.15, -0.1) is 0 Å². The lowest BCUT2D eigenvalue weighted by atomic mass is 9.47. The van der Waals surface area contributed by atoms with E-state index in [4.69, 9.17) is 9.47 Å². The highest BCUT2D eigenvalue weighted by Gasteiger charge is 2.59. The maximum absolute atomic E-state index is 15.5. The van der Waals surface area contributed by atoms with E-state index in [2.05, 4.69) is 13.8 Å². The maximum atomic E-state index is 15.5. The quantitative estimate of drug-likeness (QED) is 0.488. The summed E-state index contributed by atoms with van der Waals surface area (Å²) >= 11 is 0. The molecule has 4 nitrogen and oxygen atoms in total. The zero-order valence-corrected chi connectivity index (χ0v) is 19.7. The topological polar surface area (TPSA) is 52.6 Å². The summed E-state index contributed by atoms with van der Waals surface area (Å²) in [5.74, 6) is 1.86. The van der Waals surface area contributed by atoms with E-state index in [-0.39, 0.29) is 34.7 Å². The largest absolute Gasteiger partial charge is 0.469 e. The predicted octanol–water partition coefficient (Wildman–Crippen LogP) is 6.14. The summed E-state index contributed by atoms with van der Waals surface area (Å²) in [6, 6.07) is 0. The van der Waals surface area contributed by atoms with Gasteiger partial charge in [-0.25, -0.2) is 4.39 Å². The van der Waals surface area contributed by atoms with E-state index >= 15 is 4.39 Å². The Hall–Kier alpha value is -1.39. The van der Waals surface area contributed by atoms with E-state index in [0.29, 0.717) is 42.9 Å². The highest BCUT2D eigenvalue weighted by molar-refractivity contribution is 5.69. The Kier molecular flexibility index (Phi) is 6.26. The van der Waals surface area contributed by atoms with Crippen LogP contribution in [0, 0.1) is 34.5 Å². The van der Waals surface area contributed by atoms with Gasteiger partial charge in [0, 0.05) is 26.2 Å². The van der Waals surface area contributed by atoms with Gasteiger partial charge in [-0.3, -0.25) is 9.59 Å². The molecule has 0 aromatic carbocycles. The zero-order valence-electron chi connectivity index (χ0n) is 19.7. The van der Waals surface area contributed by atoms with Crippen molar-refractivity contribution < 1.29 is 23.5 Å². The SMILES string of the molecule is COC(=O)CCCC1CC[C@H]2[C@@H]3CC(F)=C4C[C@H](OC(C)=O)CC[C@]4(C)[C@H]3CC[C@]12C. The van der Waals surface area contributed by atoms with Crippen LogP contribution in [0.3, 0.4) is 0 Å². The molecule has 0 aromatic heterocycles. The molecule has 31 heavy (non-hydrogen) atoms. The van der Waals surface area contributed by atoms with E-state index in [9.17, 15) is 9.59 Å². The molecular weight excluding hydrogens is 395 g/mol. The number of halogens is 1. The van der Waals surface area contributed by atoms with Gasteiger partial charge in [0.25, 0.3) is 0 Å². The molecule has 0 aromatic rings. The molecule has 0 radical (unpaired) electrons. The fourth-order valence-corrected chi connectivity index (χ4v) is 8.21. The first-order valence-electron chi connectivity index (χ1n) is 12.3. The van der Waals surface area contributed by atoms with E-state index in [1.54, 1.807) is 0 Å². The van der Waals surface area contributed by atoms with E-state index < -0.39 is 0 Å². The van der Waals surface area contributed by atoms with Crippen molar-refractivity contribution in [3.05, 3.63) is 11.4 Å². The molecule has 0 amide bonds. The number of carbonyl (C=O) groups is 2. The molecule has 4 aliphatic carbocycles. The van der Waals surface area contributed by atoms with Crippen LogP contribution in [0.2, 0.25) is 0 Å². The minimum Gasteiger partial charge on any atom is -0.469 e. The van der Waals surface area contributed by atoms with Crippen LogP contribution in [0.4, 0.5) is 4.39 Å². The molecule has 174 valence electrons. The van der Waals surface area contributed by atoms with Gasteiger partial charge in [0.15, 0.2) is 0 Å². The number of allylic oxidation sites excluding steroid dienone is 1. The molecule has 3 saturated carbocycles. The van der Waals surface area contributed by atoms with Crippen LogP contribution in [-0.2, 0) is 19.1 Å². The number of hydrogen-bond acceptors (Lipinski definition) is 4. The Morgan fingerprint density at radius 3 is 2.55 bits per heavy atom. The fraction of sp³-hybridized carbons (Fsp3) is 0.846. The number of carbonyl (C=O) groups excluding carboxylic acids is 2. The van der Waals surface area contributed by atoms with Crippen molar-refractivity contribution in [3.8, 4) is 0 Å². The van der Waals surface area contributed by atoms with Crippen molar-refractivity contribution >= 4 is 11.9 Å². The lowest BCUT2D eigenvalue weighted by molar-refractivity contribution is -0.149. The average Bonchev–Trinajstić information content (AvgIpc) is 3.05. The molecule has 5 heteroatoms. The van der Waals surface area contributed by atoms with Crippen LogP contribution in [-0.4, -0.2) is 25.2 Å². The van der Waals surface area contributed by atoms with Crippen LogP contribution < -0.4 is 0 Å². The third kappa shape index (κ3) is 3.95. The normalized spacial score (nSPS) is 41.8. The molecule has 0 bridgehead atoms. The first-order valence-corrected chi connectivity index (χ1v) is 12.3. The minimum absolute atomic E-state index is 0.0824. The Labute approximate surface area is 186 Å². The molecule has 0 saturated heterocycles. The summed E-state index contributed by atoms with van der Waals surface area (Å²) < 4.78 is 25.8. The molecule has 0 N–H and O–H groups in total. The number of esters is 2. The highest BCUT2D eigenvalue weighted by Crippen LogP contribution is 2.67. The van der Waals surface area contributed by atoms with Gasteiger partial charge >= 0.3 is 11.9 Å². The molecule has 0 aliphatic heterocycles. The Bertz CT molecular complexity index is 761. The van der Waals surface area contributed by atoms with Crippen LogP contribution in [0.15, 0.2) is 11.4 Å². The first kappa shape index (κ1) is 22.8. The molecule has 4 aliphatic rings. The Balaban J connectivity index is 1.50. The molecule has 4 rings (SSSR count). The predicted molar refractivity (Wildman–Crippen MR) is 117 cm³/mol. The van der Waals surface area contributed by atoms with Crippen molar-refractivity contribution in [2.75, 3.05) is 7.11 Å². The van der Waals surface area contributed by atoms with E-state index in [1.807, 2.05) is 0 Å². The number of rotatable bonds is 5. The van der Waals surface area contributed by atoms with Crippen molar-refractivity contribution in [2.24, 2.45) is 34.5 Å². The summed E-state index contributed by atoms with van der Waals surface area (Å²) in [7, 11) is 1.45. The molecule has 3 fully saturated rings. The Morgan fingerprint density at radius 1 is 1.06 bits per heavy atom. The van der Waals surface area contributed by atoms with Crippen LogP contribution in [0.5, 0.6) is 0 Å². The van der Waals surface area contributed by atoms with Crippen molar-refractivity contribution in [3.63, 3.8) is 0 Å². The average molecular weight is 435 g/mol. The van der Waals surface area contributed by atoms with Crippen LogP contribution in [0.25, 0.3) is 0 Å². The number of ether oxygens (including phenoxy) is 2. The zero-order chi connectivity index (χ0) is 22.4. The van der Waals surface area contributed by atoms with Gasteiger partial charge in [-0.2, -0.15) is 0 Å². The second-order valence-electron chi connectivity index (χ2n) is 11.1. The van der Waals surface area contributed by atoms with Crippen molar-refractivity contribution in [1.29, 1.82) is 0 Å². The summed E-state index contributed by atoms with van der Waals surface area (Å²) in [4.78, 5) is 23.0. The van der Waals surface area contributed by atoms with Gasteiger partial charge in [0.1, 0.15) is 11.9 Å². The second kappa shape index (κ2) is 8.51. The van der Waals surface area contributed by atoms with Gasteiger partial charge in [0.2, 0.25) is 0 Å². The molecule has 7 atom stereocenters. The molecule has 1 unspecified atom stereocenters. The van der Waals surface area contributed by atoms with Gasteiger partial charge < -0.3 is 9.47 Å². The summed E-state index contributed by atoms with van der Waals surface area (Å²) in [5, 5.41) is 0. The van der Waals surface area contributed by atoms with Gasteiger partial charge in [-0.1, -0.05) is 13.8 Å². The number of fused-ring (bicyclic) bond motifs is 5. The summed E-state index contributed by atoms with van der Waals surface area (Å²) in [6.07, 6.45) is 9.96. The standard InChI is InChI=1S/C26H39FO4/c1-16(28)31-18-10-12-26(3)21-11-13-25(2)17(6-5-7-24(29)30-4)8-9-20(25)19(21)15-23(27)22(26)14-18/h17-21H,5-15H2,1-4H3/t17?,18-,19+,20+,21+,25-,26-/m1/s1. The lowest BCUT2D eigenvalue weighted by Gasteiger charge is -2.58. The number of hydrogen-bond donors (Lipinski definition) is 0. The second-order valence-corrected chi connectivity index (χ2v) is 11.1. The van der Waals surface area contributed by atoms with Crippen LogP contribution >= 0.6 is 0 Å². The summed E-state index contributed by atoms with van der Waals surface area (Å²) in [5.41, 5.74) is 1.12. The first-order chi connectivity index (χ1) is 14.7. The smallest absolute Gasteiger partial charge is 0.305 e. The third-order valence-corrected chi connectivity index (χ3v) is 9.79. The van der Waals surface area contributed by atoms with Crippen molar-refractivity contribution in [1.82, 2.24) is 0 Å². The fourth-order valence-electron chi connectivity index (χ4n) is 8.21. The highest BCUT2D eigenvalue weighted by atomic mass is 19.1. The van der Waals surface area contributed by atoms with Crippen molar-refractivity contribution in [2.45, 2.75) is 97.5 Å². The van der Waals surface area contributed by atoms with Crippen LogP contribution in [0.1, 0.15) is 91.4 Å². The minimum atomic E-state index is -0.263. The van der Waals surface area contributed by atoms with E-state index in [0.717, 1.165) is 37.7 Å². The lowest BCUT2D eigenvalue weighted by Crippen LogP contribution is -2.51. The van der Waals surface area contributed by atoms with Gasteiger partial charge in [0.05, 0.1) is 7.11 Å². The van der Waals surface area contributed by atoms with Gasteiger partial charge in [-0.05, 0) is 91.4 Å². The maximum Gasteiger partial charge on any atom is 0.305 e. The van der Waals surface area contributed by atoms with E-state index in [1.165, 1.54) is 33.3 Å². The number of methoxy groups -OCH3 is 1. The Morgan fingerprint density at radius 2 is 1.84 bits per heavy atom.